The Bertz CT molecular complexity index is 695. The molecule has 0 heterocycles. The number of rotatable bonds is 6. The molecule has 0 radical (unpaired) electrons. The molecule has 0 spiro atoms. The largest absolute Gasteiger partial charge is 0.523 e. The smallest absolute Gasteiger partial charge is 0.293 e. The predicted octanol–water partition coefficient (Wildman–Crippen LogP) is 3.96. The number of benzene rings is 1. The number of Topliss-reactive ketones (excluding diaryl/α,β-unsaturated/α-hetero) is 1. The fourth-order valence-corrected chi connectivity index (χ4v) is 13.8. The van der Waals surface area contributed by atoms with E-state index in [0.29, 0.717) is 5.56 Å². The summed E-state index contributed by atoms with van der Waals surface area (Å²) in [5.41, 5.74) is -5.18. The Balaban J connectivity index is 3.34. The molecule has 0 amide bonds. The van der Waals surface area contributed by atoms with E-state index in [9.17, 15) is 26.4 Å². The number of hydrogen-bond donors (Lipinski definition) is 0. The van der Waals surface area contributed by atoms with E-state index in [1.807, 2.05) is 0 Å². The maximum absolute atomic E-state index is 12.9. The van der Waals surface area contributed by atoms with Crippen molar-refractivity contribution in [2.24, 2.45) is 0 Å². The van der Waals surface area contributed by atoms with Crippen LogP contribution in [0.1, 0.15) is 10.4 Å². The van der Waals surface area contributed by atoms with Gasteiger partial charge in [-0.05, 0) is 12.5 Å². The van der Waals surface area contributed by atoms with Crippen LogP contribution in [0.3, 0.4) is 0 Å². The molecule has 1 aromatic carbocycles. The molecule has 0 bridgehead atoms. The summed E-state index contributed by atoms with van der Waals surface area (Å²) in [7, 11) is -11.0. The third kappa shape index (κ3) is 4.84. The standard InChI is InChI=1S/C14H21F3O4S2Si/c1-22(2,21-23(19,20)14(15,16)17)13(24(3,4)5)12(18)11-9-7-6-8-10-11/h6-10,13H,1-5H3. The molecule has 0 aliphatic rings. The zero-order chi connectivity index (χ0) is 19.0. The van der Waals surface area contributed by atoms with Gasteiger partial charge in [-0.25, -0.2) is 3.63 Å². The molecule has 0 saturated heterocycles. The second-order valence-corrected chi connectivity index (χ2v) is 17.5. The number of ketones is 1. The minimum absolute atomic E-state index is 0.332. The molecule has 0 saturated carbocycles. The van der Waals surface area contributed by atoms with Crippen LogP contribution in [-0.4, -0.2) is 45.2 Å². The van der Waals surface area contributed by atoms with E-state index in [2.05, 4.69) is 3.63 Å². The fourth-order valence-electron chi connectivity index (χ4n) is 2.57. The van der Waals surface area contributed by atoms with Crippen molar-refractivity contribution in [1.29, 1.82) is 0 Å². The molecule has 0 fully saturated rings. The fraction of sp³-hybridized carbons (Fsp3) is 0.500. The first kappa shape index (κ1) is 21.2. The second-order valence-electron chi connectivity index (χ2n) is 6.75. The van der Waals surface area contributed by atoms with Gasteiger partial charge in [-0.1, -0.05) is 50.0 Å². The van der Waals surface area contributed by atoms with Crippen LogP contribution in [0.4, 0.5) is 13.2 Å². The Morgan fingerprint density at radius 3 is 1.92 bits per heavy atom. The van der Waals surface area contributed by atoms with Crippen molar-refractivity contribution in [2.45, 2.75) is 30.0 Å². The van der Waals surface area contributed by atoms with Gasteiger partial charge in [0.2, 0.25) is 0 Å². The summed E-state index contributed by atoms with van der Waals surface area (Å²) in [5.74, 6) is -0.382. The summed E-state index contributed by atoms with van der Waals surface area (Å²) in [6, 6.07) is 8.11. The van der Waals surface area contributed by atoms with Crippen molar-refractivity contribution in [1.82, 2.24) is 0 Å². The van der Waals surface area contributed by atoms with E-state index < -0.39 is 38.9 Å². The topological polar surface area (TPSA) is 60.4 Å². The van der Waals surface area contributed by atoms with Crippen molar-refractivity contribution in [3.63, 3.8) is 0 Å². The summed E-state index contributed by atoms with van der Waals surface area (Å²) in [4.78, 5) is 12.0. The van der Waals surface area contributed by atoms with Crippen LogP contribution >= 0.6 is 10.3 Å². The summed E-state index contributed by atoms with van der Waals surface area (Å²) in [6.07, 6.45) is 2.58. The van der Waals surface area contributed by atoms with Crippen LogP contribution in [0.15, 0.2) is 30.3 Å². The molecule has 0 aromatic heterocycles. The van der Waals surface area contributed by atoms with Crippen molar-refractivity contribution in [3.8, 4) is 0 Å². The molecule has 0 N–H and O–H groups in total. The van der Waals surface area contributed by atoms with Gasteiger partial charge < -0.3 is 0 Å². The lowest BCUT2D eigenvalue weighted by Crippen LogP contribution is -2.48. The lowest BCUT2D eigenvalue weighted by atomic mass is 10.1. The van der Waals surface area contributed by atoms with Crippen molar-refractivity contribution in [2.75, 3.05) is 12.5 Å². The normalized spacial score (nSPS) is 15.8. The van der Waals surface area contributed by atoms with Crippen LogP contribution < -0.4 is 0 Å². The molecule has 1 aromatic rings. The average Bonchev–Trinajstić information content (AvgIpc) is 2.34. The Labute approximate surface area is 143 Å². The Morgan fingerprint density at radius 2 is 1.54 bits per heavy atom. The van der Waals surface area contributed by atoms with Crippen molar-refractivity contribution >= 4 is 34.3 Å². The first-order valence-electron chi connectivity index (χ1n) is 6.93. The zero-order valence-corrected chi connectivity index (χ0v) is 16.7. The summed E-state index contributed by atoms with van der Waals surface area (Å²) < 4.78 is 65.5. The van der Waals surface area contributed by atoms with Gasteiger partial charge in [0, 0.05) is 5.56 Å². The minimum atomic E-state index is -5.77. The molecule has 1 rings (SSSR count). The van der Waals surface area contributed by atoms with E-state index in [0.717, 1.165) is 0 Å². The summed E-state index contributed by atoms with van der Waals surface area (Å²) in [5, 5.41) is 0. The third-order valence-electron chi connectivity index (χ3n) is 3.20. The van der Waals surface area contributed by atoms with E-state index in [1.54, 1.807) is 50.0 Å². The Morgan fingerprint density at radius 1 is 1.08 bits per heavy atom. The molecule has 138 valence electrons. The molecular formula is C14H21F3O4S2Si. The molecule has 0 aliphatic heterocycles. The average molecular weight is 403 g/mol. The predicted molar refractivity (Wildman–Crippen MR) is 93.4 cm³/mol. The van der Waals surface area contributed by atoms with E-state index in [-0.39, 0.29) is 5.78 Å². The Hall–Kier alpha value is -0.843. The molecular weight excluding hydrogens is 381 g/mol. The molecule has 1 atom stereocenters. The van der Waals surface area contributed by atoms with Gasteiger partial charge in [0.15, 0.2) is 5.78 Å². The van der Waals surface area contributed by atoms with Crippen LogP contribution in [0.5, 0.6) is 0 Å². The van der Waals surface area contributed by atoms with Crippen LogP contribution in [0.25, 0.3) is 0 Å². The molecule has 0 aliphatic carbocycles. The van der Waals surface area contributed by atoms with E-state index >= 15 is 0 Å². The highest BCUT2D eigenvalue weighted by Gasteiger charge is 2.53. The monoisotopic (exact) mass is 402 g/mol. The highest BCUT2D eigenvalue weighted by Crippen LogP contribution is 2.54. The number of carbonyl (C=O) groups is 1. The summed E-state index contributed by atoms with van der Waals surface area (Å²) in [6.45, 7) is 5.41. The SMILES string of the molecule is C[Si](C)(C)C(C(=O)c1ccccc1)S(C)(C)OS(=O)(=O)C(F)(F)F. The van der Waals surface area contributed by atoms with Gasteiger partial charge in [0.25, 0.3) is 0 Å². The van der Waals surface area contributed by atoms with Crippen LogP contribution in [0, 0.1) is 0 Å². The van der Waals surface area contributed by atoms with Gasteiger partial charge in [-0.2, -0.15) is 21.6 Å². The van der Waals surface area contributed by atoms with Crippen LogP contribution in [-0.2, 0) is 13.7 Å². The number of hydrogen-bond acceptors (Lipinski definition) is 4. The van der Waals surface area contributed by atoms with Gasteiger partial charge >= 0.3 is 15.6 Å². The van der Waals surface area contributed by atoms with E-state index in [4.69, 9.17) is 0 Å². The molecule has 1 unspecified atom stereocenters. The highest BCUT2D eigenvalue weighted by molar-refractivity contribution is 8.34. The maximum Gasteiger partial charge on any atom is 0.523 e. The molecule has 4 nitrogen and oxygen atoms in total. The molecule has 24 heavy (non-hydrogen) atoms. The number of carbonyl (C=O) groups excluding carboxylic acids is 1. The number of halogens is 3. The first-order valence-corrected chi connectivity index (χ1v) is 14.4. The number of alkyl halides is 3. The third-order valence-corrected chi connectivity index (χ3v) is 12.9. The Kier molecular flexibility index (Phi) is 6.02. The van der Waals surface area contributed by atoms with Gasteiger partial charge in [-0.15, -0.1) is 10.3 Å². The summed E-state index contributed by atoms with van der Waals surface area (Å²) >= 11 is 0. The van der Waals surface area contributed by atoms with Crippen LogP contribution in [0.2, 0.25) is 19.6 Å². The van der Waals surface area contributed by atoms with Gasteiger partial charge in [0.05, 0.1) is 12.9 Å². The lowest BCUT2D eigenvalue weighted by molar-refractivity contribution is -0.0496. The van der Waals surface area contributed by atoms with Gasteiger partial charge in [-0.3, -0.25) is 4.79 Å². The first-order chi connectivity index (χ1) is 10.6. The lowest BCUT2D eigenvalue weighted by Gasteiger charge is -2.43. The zero-order valence-electron chi connectivity index (χ0n) is 14.0. The maximum atomic E-state index is 12.9. The van der Waals surface area contributed by atoms with Crippen molar-refractivity contribution in [3.05, 3.63) is 35.9 Å². The molecule has 10 heteroatoms. The minimum Gasteiger partial charge on any atom is -0.293 e. The highest BCUT2D eigenvalue weighted by atomic mass is 32.3. The van der Waals surface area contributed by atoms with Crippen molar-refractivity contribution < 1.29 is 30.0 Å². The van der Waals surface area contributed by atoms with E-state index in [1.165, 1.54) is 12.5 Å². The van der Waals surface area contributed by atoms with Gasteiger partial charge in [0.1, 0.15) is 0 Å². The quantitative estimate of drug-likeness (QED) is 0.411. The second kappa shape index (κ2) is 6.81.